The minimum absolute atomic E-state index is 0.0325. The summed E-state index contributed by atoms with van der Waals surface area (Å²) in [4.78, 5) is 27.1. The molecule has 0 saturated carbocycles. The molecule has 4 heteroatoms. The molecule has 0 bridgehead atoms. The summed E-state index contributed by atoms with van der Waals surface area (Å²) in [5.74, 6) is -0.598. The molecule has 0 atom stereocenters. The van der Waals surface area contributed by atoms with Gasteiger partial charge in [0.15, 0.2) is 0 Å². The van der Waals surface area contributed by atoms with Gasteiger partial charge in [-0.15, -0.1) is 0 Å². The van der Waals surface area contributed by atoms with Gasteiger partial charge in [-0.3, -0.25) is 9.59 Å². The van der Waals surface area contributed by atoms with Crippen molar-refractivity contribution >= 4 is 11.9 Å². The van der Waals surface area contributed by atoms with Crippen molar-refractivity contribution in [2.24, 2.45) is 0 Å². The Morgan fingerprint density at radius 3 is 1.93 bits per heavy atom. The van der Waals surface area contributed by atoms with Crippen molar-refractivity contribution in [2.45, 2.75) is 39.0 Å². The van der Waals surface area contributed by atoms with E-state index in [1.54, 1.807) is 6.92 Å². The highest BCUT2D eigenvalue weighted by molar-refractivity contribution is 5.87. The Bertz CT molecular complexity index is 661. The Labute approximate surface area is 162 Å². The van der Waals surface area contributed by atoms with Crippen molar-refractivity contribution in [3.05, 3.63) is 71.8 Å². The molecule has 2 rings (SSSR count). The molecule has 0 aliphatic heterocycles. The van der Waals surface area contributed by atoms with E-state index in [0.29, 0.717) is 19.7 Å². The van der Waals surface area contributed by atoms with Crippen molar-refractivity contribution in [3.8, 4) is 0 Å². The molecule has 27 heavy (non-hydrogen) atoms. The van der Waals surface area contributed by atoms with Crippen LogP contribution in [-0.4, -0.2) is 36.5 Å². The van der Waals surface area contributed by atoms with Gasteiger partial charge in [0.1, 0.15) is 0 Å². The topological polar surface area (TPSA) is 46.6 Å². The van der Waals surface area contributed by atoms with Crippen LogP contribution in [0.1, 0.15) is 50.2 Å². The summed E-state index contributed by atoms with van der Waals surface area (Å²) in [7, 11) is 0. The quantitative estimate of drug-likeness (QED) is 0.585. The number of nitrogens with zero attached hydrogens (tertiary/aromatic N) is 1. The molecule has 1 amide bonds. The summed E-state index contributed by atoms with van der Waals surface area (Å²) in [6.45, 7) is 5.27. The van der Waals surface area contributed by atoms with Gasteiger partial charge in [-0.2, -0.15) is 0 Å². The van der Waals surface area contributed by atoms with Gasteiger partial charge in [0.05, 0.1) is 18.9 Å². The van der Waals surface area contributed by atoms with E-state index in [2.05, 4.69) is 6.92 Å². The molecule has 4 nitrogen and oxygen atoms in total. The zero-order chi connectivity index (χ0) is 19.5. The van der Waals surface area contributed by atoms with E-state index < -0.39 is 0 Å². The Kier molecular flexibility index (Phi) is 8.56. The van der Waals surface area contributed by atoms with Crippen LogP contribution in [0.4, 0.5) is 0 Å². The maximum atomic E-state index is 13.5. The lowest BCUT2D eigenvalue weighted by molar-refractivity contribution is -0.144. The predicted molar refractivity (Wildman–Crippen MR) is 107 cm³/mol. The number of benzene rings is 2. The van der Waals surface area contributed by atoms with Gasteiger partial charge in [-0.25, -0.2) is 0 Å². The second kappa shape index (κ2) is 11.2. The monoisotopic (exact) mass is 367 g/mol. The van der Waals surface area contributed by atoms with Crippen LogP contribution in [0, 0.1) is 0 Å². The number of carbonyl (C=O) groups is 2. The second-order valence-electron chi connectivity index (χ2n) is 6.49. The maximum Gasteiger partial charge on any atom is 0.307 e. The predicted octanol–water partition coefficient (Wildman–Crippen LogP) is 4.40. The van der Waals surface area contributed by atoms with E-state index in [1.165, 1.54) is 0 Å². The lowest BCUT2D eigenvalue weighted by atomic mass is 9.90. The maximum absolute atomic E-state index is 13.5. The Morgan fingerprint density at radius 2 is 1.44 bits per heavy atom. The third kappa shape index (κ3) is 6.24. The lowest BCUT2D eigenvalue weighted by Gasteiger charge is -2.28. The largest absolute Gasteiger partial charge is 0.466 e. The molecule has 0 saturated heterocycles. The molecule has 0 spiro atoms. The van der Waals surface area contributed by atoms with E-state index in [9.17, 15) is 9.59 Å². The molecule has 0 heterocycles. The first-order valence-corrected chi connectivity index (χ1v) is 9.71. The third-order valence-corrected chi connectivity index (χ3v) is 4.50. The van der Waals surface area contributed by atoms with Crippen LogP contribution in [0.3, 0.4) is 0 Å². The summed E-state index contributed by atoms with van der Waals surface area (Å²) in [5.41, 5.74) is 1.93. The van der Waals surface area contributed by atoms with Crippen LogP contribution in [0.2, 0.25) is 0 Å². The smallest absolute Gasteiger partial charge is 0.307 e. The summed E-state index contributed by atoms with van der Waals surface area (Å²) in [6, 6.07) is 19.6. The normalized spacial score (nSPS) is 10.6. The molecule has 0 radical (unpaired) electrons. The number of hydrogen-bond acceptors (Lipinski definition) is 3. The fraction of sp³-hybridized carbons (Fsp3) is 0.391. The van der Waals surface area contributed by atoms with E-state index >= 15 is 0 Å². The molecule has 2 aromatic carbocycles. The van der Waals surface area contributed by atoms with Crippen molar-refractivity contribution in [2.75, 3.05) is 19.7 Å². The van der Waals surface area contributed by atoms with Crippen molar-refractivity contribution < 1.29 is 14.3 Å². The van der Waals surface area contributed by atoms with E-state index in [1.807, 2.05) is 65.6 Å². The highest BCUT2D eigenvalue weighted by Crippen LogP contribution is 2.27. The fourth-order valence-corrected chi connectivity index (χ4v) is 3.09. The standard InChI is InChI=1S/C23H29NO3/c1-3-5-17-24(18-16-21(25)27-4-2)23(26)22(19-12-8-6-9-13-19)20-14-10-7-11-15-20/h6-15,22H,3-5,16-18H2,1-2H3. The first kappa shape index (κ1) is 20.7. The van der Waals surface area contributed by atoms with Crippen LogP contribution in [0.5, 0.6) is 0 Å². The van der Waals surface area contributed by atoms with Gasteiger partial charge in [-0.05, 0) is 24.5 Å². The summed E-state index contributed by atoms with van der Waals surface area (Å²) in [5, 5.41) is 0. The Hall–Kier alpha value is -2.62. The lowest BCUT2D eigenvalue weighted by Crippen LogP contribution is -2.38. The van der Waals surface area contributed by atoms with Crippen LogP contribution >= 0.6 is 0 Å². The molecule has 0 aliphatic rings. The van der Waals surface area contributed by atoms with Crippen LogP contribution in [0.25, 0.3) is 0 Å². The highest BCUT2D eigenvalue weighted by atomic mass is 16.5. The van der Waals surface area contributed by atoms with Crippen LogP contribution in [0.15, 0.2) is 60.7 Å². The van der Waals surface area contributed by atoms with Crippen LogP contribution in [-0.2, 0) is 14.3 Å². The average Bonchev–Trinajstić information content (AvgIpc) is 2.70. The number of ether oxygens (including phenoxy) is 1. The third-order valence-electron chi connectivity index (χ3n) is 4.50. The van der Waals surface area contributed by atoms with Crippen molar-refractivity contribution in [3.63, 3.8) is 0 Å². The first-order chi connectivity index (χ1) is 13.2. The summed E-state index contributed by atoms with van der Waals surface area (Å²) >= 11 is 0. The molecule has 0 aromatic heterocycles. The van der Waals surface area contributed by atoms with Gasteiger partial charge in [0, 0.05) is 13.1 Å². The van der Waals surface area contributed by atoms with Gasteiger partial charge >= 0.3 is 5.97 Å². The van der Waals surface area contributed by atoms with E-state index in [0.717, 1.165) is 24.0 Å². The van der Waals surface area contributed by atoms with Crippen molar-refractivity contribution in [1.29, 1.82) is 0 Å². The first-order valence-electron chi connectivity index (χ1n) is 9.71. The molecular weight excluding hydrogens is 338 g/mol. The zero-order valence-corrected chi connectivity index (χ0v) is 16.3. The van der Waals surface area contributed by atoms with Crippen molar-refractivity contribution in [1.82, 2.24) is 4.90 Å². The number of carbonyl (C=O) groups excluding carboxylic acids is 2. The number of unbranched alkanes of at least 4 members (excludes halogenated alkanes) is 1. The Balaban J connectivity index is 2.27. The van der Waals surface area contributed by atoms with E-state index in [4.69, 9.17) is 4.74 Å². The molecule has 0 N–H and O–H groups in total. The Morgan fingerprint density at radius 1 is 0.889 bits per heavy atom. The molecular formula is C23H29NO3. The van der Waals surface area contributed by atoms with Gasteiger partial charge in [0.2, 0.25) is 5.91 Å². The second-order valence-corrected chi connectivity index (χ2v) is 6.49. The van der Waals surface area contributed by atoms with Gasteiger partial charge in [-0.1, -0.05) is 74.0 Å². The van der Waals surface area contributed by atoms with Gasteiger partial charge < -0.3 is 9.64 Å². The molecule has 2 aromatic rings. The molecule has 0 unspecified atom stereocenters. The molecule has 0 aliphatic carbocycles. The average molecular weight is 367 g/mol. The highest BCUT2D eigenvalue weighted by Gasteiger charge is 2.27. The zero-order valence-electron chi connectivity index (χ0n) is 16.3. The van der Waals surface area contributed by atoms with E-state index in [-0.39, 0.29) is 24.2 Å². The minimum atomic E-state index is -0.369. The number of hydrogen-bond donors (Lipinski definition) is 0. The summed E-state index contributed by atoms with van der Waals surface area (Å²) in [6.07, 6.45) is 2.12. The minimum Gasteiger partial charge on any atom is -0.466 e. The molecule has 0 fully saturated rings. The number of amides is 1. The number of rotatable bonds is 10. The summed E-state index contributed by atoms with van der Waals surface area (Å²) < 4.78 is 5.03. The number of esters is 1. The SMILES string of the molecule is CCCCN(CCC(=O)OCC)C(=O)C(c1ccccc1)c1ccccc1. The molecule has 144 valence electrons. The van der Waals surface area contributed by atoms with Gasteiger partial charge in [0.25, 0.3) is 0 Å². The van der Waals surface area contributed by atoms with Crippen LogP contribution < -0.4 is 0 Å². The fourth-order valence-electron chi connectivity index (χ4n) is 3.09.